The zero-order chi connectivity index (χ0) is 17.5. The number of amides is 2. The minimum atomic E-state index is -0.834. The van der Waals surface area contributed by atoms with Crippen LogP contribution >= 0.6 is 0 Å². The van der Waals surface area contributed by atoms with E-state index >= 15 is 0 Å². The molecule has 6 nitrogen and oxygen atoms in total. The second-order valence-corrected chi connectivity index (χ2v) is 5.30. The molecule has 0 spiro atoms. The minimum absolute atomic E-state index is 0.576. The molecule has 2 aromatic carbocycles. The first-order valence-electron chi connectivity index (χ1n) is 7.34. The van der Waals surface area contributed by atoms with Gasteiger partial charge in [0.25, 0.3) is 0 Å². The Kier molecular flexibility index (Phi) is 5.68. The molecule has 6 heteroatoms. The predicted molar refractivity (Wildman–Crippen MR) is 93.3 cm³/mol. The molecule has 0 aliphatic heterocycles. The maximum Gasteiger partial charge on any atom is 0.329 e. The van der Waals surface area contributed by atoms with Gasteiger partial charge in [-0.25, -0.2) is 5.43 Å². The third-order valence-electron chi connectivity index (χ3n) is 3.18. The third-order valence-corrected chi connectivity index (χ3v) is 3.18. The Bertz CT molecular complexity index is 747. The highest BCUT2D eigenvalue weighted by molar-refractivity contribution is 6.39. The summed E-state index contributed by atoms with van der Waals surface area (Å²) in [4.78, 5) is 23.6. The zero-order valence-corrected chi connectivity index (χ0v) is 13.8. The molecule has 2 rings (SSSR count). The van der Waals surface area contributed by atoms with Crippen molar-refractivity contribution in [2.75, 3.05) is 12.4 Å². The number of nitrogens with zero attached hydrogens (tertiary/aromatic N) is 1. The van der Waals surface area contributed by atoms with Crippen LogP contribution in [0, 0.1) is 13.8 Å². The second kappa shape index (κ2) is 7.92. The van der Waals surface area contributed by atoms with Crippen molar-refractivity contribution in [2.45, 2.75) is 13.8 Å². The number of nitrogens with one attached hydrogen (secondary N) is 2. The Balaban J connectivity index is 1.91. The first-order chi connectivity index (χ1) is 11.5. The summed E-state index contributed by atoms with van der Waals surface area (Å²) in [6, 6.07) is 12.7. The number of carbonyl (C=O) groups is 2. The summed E-state index contributed by atoms with van der Waals surface area (Å²) < 4.78 is 5.05. The molecule has 0 saturated carbocycles. The fourth-order valence-corrected chi connectivity index (χ4v) is 2.14. The molecule has 0 fully saturated rings. The highest BCUT2D eigenvalue weighted by atomic mass is 16.5. The standard InChI is InChI=1S/C18H19N3O3/c1-12-8-13(2)10-15(9-12)20-17(22)18(23)21-19-11-14-4-6-16(24-3)7-5-14/h4-11H,1-3H3,(H,20,22)(H,21,23)/b19-11-. The summed E-state index contributed by atoms with van der Waals surface area (Å²) in [6.07, 6.45) is 1.45. The Morgan fingerprint density at radius 1 is 1.00 bits per heavy atom. The number of methoxy groups -OCH3 is 1. The number of aryl methyl sites for hydroxylation is 2. The average molecular weight is 325 g/mol. The topological polar surface area (TPSA) is 79.8 Å². The van der Waals surface area contributed by atoms with Gasteiger partial charge in [-0.05, 0) is 66.9 Å². The molecule has 0 saturated heterocycles. The lowest BCUT2D eigenvalue weighted by atomic mass is 10.1. The van der Waals surface area contributed by atoms with Crippen LogP contribution in [0.3, 0.4) is 0 Å². The summed E-state index contributed by atoms with van der Waals surface area (Å²) in [7, 11) is 1.58. The molecule has 0 radical (unpaired) electrons. The van der Waals surface area contributed by atoms with Crippen LogP contribution in [0.1, 0.15) is 16.7 Å². The number of carbonyl (C=O) groups excluding carboxylic acids is 2. The molecule has 0 unspecified atom stereocenters. The van der Waals surface area contributed by atoms with E-state index in [4.69, 9.17) is 4.74 Å². The molecule has 2 N–H and O–H groups in total. The van der Waals surface area contributed by atoms with Crippen molar-refractivity contribution in [3.8, 4) is 5.75 Å². The maximum absolute atomic E-state index is 11.8. The molecule has 24 heavy (non-hydrogen) atoms. The van der Waals surface area contributed by atoms with Crippen molar-refractivity contribution >= 4 is 23.7 Å². The highest BCUT2D eigenvalue weighted by Gasteiger charge is 2.13. The Labute approximate surface area is 140 Å². The van der Waals surface area contributed by atoms with Crippen molar-refractivity contribution < 1.29 is 14.3 Å². The molecule has 0 atom stereocenters. The van der Waals surface area contributed by atoms with Gasteiger partial charge in [-0.15, -0.1) is 0 Å². The fraction of sp³-hybridized carbons (Fsp3) is 0.167. The molecule has 0 aliphatic carbocycles. The average Bonchev–Trinajstić information content (AvgIpc) is 2.54. The molecule has 2 aromatic rings. The third kappa shape index (κ3) is 4.95. The lowest BCUT2D eigenvalue weighted by Gasteiger charge is -2.06. The Morgan fingerprint density at radius 2 is 1.62 bits per heavy atom. The normalized spacial score (nSPS) is 10.5. The van der Waals surface area contributed by atoms with E-state index in [2.05, 4.69) is 15.8 Å². The quantitative estimate of drug-likeness (QED) is 0.515. The van der Waals surface area contributed by atoms with Gasteiger partial charge in [-0.2, -0.15) is 5.10 Å². The first-order valence-corrected chi connectivity index (χ1v) is 7.34. The summed E-state index contributed by atoms with van der Waals surface area (Å²) >= 11 is 0. The molecule has 0 heterocycles. The monoisotopic (exact) mass is 325 g/mol. The van der Waals surface area contributed by atoms with Crippen LogP contribution in [-0.2, 0) is 9.59 Å². The van der Waals surface area contributed by atoms with Crippen LogP contribution in [0.5, 0.6) is 5.75 Å². The van der Waals surface area contributed by atoms with E-state index in [1.807, 2.05) is 19.9 Å². The Morgan fingerprint density at radius 3 is 2.21 bits per heavy atom. The van der Waals surface area contributed by atoms with Crippen LogP contribution in [0.15, 0.2) is 47.6 Å². The van der Waals surface area contributed by atoms with E-state index < -0.39 is 11.8 Å². The van der Waals surface area contributed by atoms with Gasteiger partial charge in [0.05, 0.1) is 13.3 Å². The van der Waals surface area contributed by atoms with E-state index in [9.17, 15) is 9.59 Å². The first kappa shape index (κ1) is 17.2. The predicted octanol–water partition coefficient (Wildman–Crippen LogP) is 2.40. The molecule has 2 amide bonds. The summed E-state index contributed by atoms with van der Waals surface area (Å²) in [6.45, 7) is 3.84. The molecule has 124 valence electrons. The number of hydrogen-bond acceptors (Lipinski definition) is 4. The van der Waals surface area contributed by atoms with Crippen molar-refractivity contribution in [1.82, 2.24) is 5.43 Å². The molecule has 0 bridgehead atoms. The molecule has 0 aromatic heterocycles. The van der Waals surface area contributed by atoms with Crippen LogP contribution in [0.25, 0.3) is 0 Å². The van der Waals surface area contributed by atoms with Gasteiger partial charge < -0.3 is 10.1 Å². The van der Waals surface area contributed by atoms with E-state index in [1.54, 1.807) is 43.5 Å². The zero-order valence-electron chi connectivity index (χ0n) is 13.8. The lowest BCUT2D eigenvalue weighted by Crippen LogP contribution is -2.32. The van der Waals surface area contributed by atoms with Crippen molar-refractivity contribution in [3.63, 3.8) is 0 Å². The highest BCUT2D eigenvalue weighted by Crippen LogP contribution is 2.13. The van der Waals surface area contributed by atoms with E-state index in [1.165, 1.54) is 6.21 Å². The van der Waals surface area contributed by atoms with Gasteiger partial charge in [0.15, 0.2) is 0 Å². The van der Waals surface area contributed by atoms with Crippen LogP contribution in [0.2, 0.25) is 0 Å². The summed E-state index contributed by atoms with van der Waals surface area (Å²) in [5.41, 5.74) is 5.55. The number of hydrogen-bond donors (Lipinski definition) is 2. The largest absolute Gasteiger partial charge is 0.497 e. The number of benzene rings is 2. The number of anilines is 1. The maximum atomic E-state index is 11.8. The van der Waals surface area contributed by atoms with Crippen molar-refractivity contribution in [1.29, 1.82) is 0 Å². The van der Waals surface area contributed by atoms with Crippen molar-refractivity contribution in [2.24, 2.45) is 5.10 Å². The number of rotatable bonds is 4. The van der Waals surface area contributed by atoms with Crippen molar-refractivity contribution in [3.05, 3.63) is 59.2 Å². The van der Waals surface area contributed by atoms with Crippen LogP contribution < -0.4 is 15.5 Å². The van der Waals surface area contributed by atoms with E-state index in [-0.39, 0.29) is 0 Å². The van der Waals surface area contributed by atoms with Gasteiger partial charge in [0, 0.05) is 5.69 Å². The van der Waals surface area contributed by atoms with Crippen LogP contribution in [-0.4, -0.2) is 25.1 Å². The summed E-state index contributed by atoms with van der Waals surface area (Å²) in [5, 5.41) is 6.31. The molecule has 0 aliphatic rings. The molecular formula is C18H19N3O3. The molecular weight excluding hydrogens is 306 g/mol. The van der Waals surface area contributed by atoms with Gasteiger partial charge in [-0.1, -0.05) is 6.07 Å². The SMILES string of the molecule is COc1ccc(/C=N\NC(=O)C(=O)Nc2cc(C)cc(C)c2)cc1. The van der Waals surface area contributed by atoms with Gasteiger partial charge in [0.1, 0.15) is 5.75 Å². The van der Waals surface area contributed by atoms with Gasteiger partial charge in [-0.3, -0.25) is 9.59 Å². The Hall–Kier alpha value is -3.15. The van der Waals surface area contributed by atoms with Crippen LogP contribution in [0.4, 0.5) is 5.69 Å². The lowest BCUT2D eigenvalue weighted by molar-refractivity contribution is -0.136. The van der Waals surface area contributed by atoms with E-state index in [0.29, 0.717) is 5.69 Å². The number of ether oxygens (including phenoxy) is 1. The smallest absolute Gasteiger partial charge is 0.329 e. The van der Waals surface area contributed by atoms with Gasteiger partial charge in [0.2, 0.25) is 0 Å². The number of hydrazone groups is 1. The second-order valence-electron chi connectivity index (χ2n) is 5.30. The van der Waals surface area contributed by atoms with E-state index in [0.717, 1.165) is 22.4 Å². The minimum Gasteiger partial charge on any atom is -0.497 e. The fourth-order valence-electron chi connectivity index (χ4n) is 2.14. The summed E-state index contributed by atoms with van der Waals surface area (Å²) in [5.74, 6) is -0.880. The van der Waals surface area contributed by atoms with Gasteiger partial charge >= 0.3 is 11.8 Å².